The van der Waals surface area contributed by atoms with Crippen LogP contribution in [0.3, 0.4) is 0 Å². The van der Waals surface area contributed by atoms with Gasteiger partial charge in [0.05, 0.1) is 10.6 Å². The molecule has 0 heterocycles. The molecule has 0 fully saturated rings. The molecule has 202 valence electrons. The molecule has 3 aromatic rings. The second kappa shape index (κ2) is 12.5. The summed E-state index contributed by atoms with van der Waals surface area (Å²) in [5, 5.41) is 2.98. The van der Waals surface area contributed by atoms with E-state index in [0.717, 1.165) is 21.0 Å². The van der Waals surface area contributed by atoms with Crippen LogP contribution in [0, 0.1) is 20.8 Å². The normalized spacial score (nSPS) is 12.1. The number of amides is 2. The van der Waals surface area contributed by atoms with Crippen LogP contribution in [0.4, 0.5) is 5.69 Å². The first-order chi connectivity index (χ1) is 18.0. The van der Waals surface area contributed by atoms with Gasteiger partial charge in [0.1, 0.15) is 12.6 Å². The summed E-state index contributed by atoms with van der Waals surface area (Å²) >= 11 is 6.27. The van der Waals surface area contributed by atoms with Gasteiger partial charge in [-0.25, -0.2) is 8.42 Å². The Labute approximate surface area is 230 Å². The predicted octanol–water partition coefficient (Wildman–Crippen LogP) is 5.01. The van der Waals surface area contributed by atoms with Crippen LogP contribution < -0.4 is 9.62 Å². The number of rotatable bonds is 10. The lowest BCUT2D eigenvalue weighted by molar-refractivity contribution is -0.140. The summed E-state index contributed by atoms with van der Waals surface area (Å²) in [6.07, 6.45) is 0.359. The van der Waals surface area contributed by atoms with Gasteiger partial charge in [0, 0.05) is 18.6 Å². The van der Waals surface area contributed by atoms with Gasteiger partial charge in [0.2, 0.25) is 11.8 Å². The van der Waals surface area contributed by atoms with Gasteiger partial charge in [-0.15, -0.1) is 0 Å². The lowest BCUT2D eigenvalue weighted by Crippen LogP contribution is -2.52. The Morgan fingerprint density at radius 3 is 2.21 bits per heavy atom. The lowest BCUT2D eigenvalue weighted by Gasteiger charge is -2.33. The number of aryl methyl sites for hydroxylation is 3. The van der Waals surface area contributed by atoms with E-state index in [4.69, 9.17) is 11.6 Å². The summed E-state index contributed by atoms with van der Waals surface area (Å²) in [6.45, 7) is 7.04. The number of nitrogens with one attached hydrogen (secondary N) is 1. The van der Waals surface area contributed by atoms with E-state index in [1.807, 2.05) is 45.0 Å². The van der Waals surface area contributed by atoms with Gasteiger partial charge in [0.25, 0.3) is 10.0 Å². The Morgan fingerprint density at radius 1 is 0.947 bits per heavy atom. The summed E-state index contributed by atoms with van der Waals surface area (Å²) in [5.41, 5.74) is 3.69. The van der Waals surface area contributed by atoms with E-state index >= 15 is 0 Å². The minimum atomic E-state index is -4.15. The van der Waals surface area contributed by atoms with Gasteiger partial charge in [-0.2, -0.15) is 0 Å². The number of nitrogens with zero attached hydrogens (tertiary/aromatic N) is 2. The Bertz CT molecular complexity index is 1410. The van der Waals surface area contributed by atoms with Gasteiger partial charge in [-0.05, 0) is 68.1 Å². The van der Waals surface area contributed by atoms with E-state index in [1.54, 1.807) is 31.2 Å². The topological polar surface area (TPSA) is 86.8 Å². The van der Waals surface area contributed by atoms with E-state index in [2.05, 4.69) is 5.32 Å². The molecule has 0 saturated heterocycles. The van der Waals surface area contributed by atoms with Crippen molar-refractivity contribution in [3.63, 3.8) is 0 Å². The molecule has 0 aliphatic carbocycles. The number of halogens is 1. The first-order valence-electron chi connectivity index (χ1n) is 12.4. The van der Waals surface area contributed by atoms with Gasteiger partial charge < -0.3 is 10.2 Å². The summed E-state index contributed by atoms with van der Waals surface area (Å²) in [4.78, 5) is 28.3. The number of hydrogen-bond acceptors (Lipinski definition) is 4. The smallest absolute Gasteiger partial charge is 0.264 e. The van der Waals surface area contributed by atoms with E-state index < -0.39 is 28.5 Å². The molecule has 2 amide bonds. The van der Waals surface area contributed by atoms with Crippen molar-refractivity contribution in [2.45, 2.75) is 51.6 Å². The fourth-order valence-electron chi connectivity index (χ4n) is 4.26. The minimum absolute atomic E-state index is 0.0547. The van der Waals surface area contributed by atoms with Crippen LogP contribution in [-0.4, -0.2) is 44.8 Å². The van der Waals surface area contributed by atoms with Crippen LogP contribution in [0.15, 0.2) is 71.6 Å². The average molecular weight is 556 g/mol. The fraction of sp³-hybridized carbons (Fsp3) is 0.310. The Morgan fingerprint density at radius 2 is 1.61 bits per heavy atom. The highest BCUT2D eigenvalue weighted by Gasteiger charge is 2.34. The highest BCUT2D eigenvalue weighted by Crippen LogP contribution is 2.30. The molecule has 0 bridgehead atoms. The third-order valence-electron chi connectivity index (χ3n) is 6.56. The molecular weight excluding hydrogens is 522 g/mol. The third kappa shape index (κ3) is 6.55. The van der Waals surface area contributed by atoms with Gasteiger partial charge in [-0.1, -0.05) is 66.6 Å². The quantitative estimate of drug-likeness (QED) is 0.381. The summed E-state index contributed by atoms with van der Waals surface area (Å²) in [7, 11) is -2.63. The van der Waals surface area contributed by atoms with Crippen molar-refractivity contribution >= 4 is 39.1 Å². The number of hydrogen-bond donors (Lipinski definition) is 1. The summed E-state index contributed by atoms with van der Waals surface area (Å²) < 4.78 is 29.0. The van der Waals surface area contributed by atoms with Crippen LogP contribution >= 0.6 is 11.6 Å². The second-order valence-electron chi connectivity index (χ2n) is 9.24. The molecule has 7 nitrogen and oxygen atoms in total. The maximum atomic E-state index is 14.0. The number of anilines is 1. The van der Waals surface area contributed by atoms with Crippen molar-refractivity contribution < 1.29 is 18.0 Å². The zero-order valence-electron chi connectivity index (χ0n) is 22.4. The number of likely N-dealkylation sites (N-methyl/N-ethyl adjacent to an activating group) is 1. The molecule has 0 unspecified atom stereocenters. The zero-order chi connectivity index (χ0) is 28.0. The molecule has 1 atom stereocenters. The standard InChI is InChI=1S/C29H34ClN3O4S/c1-6-26(29(35)31-5)32(18-23-10-8-7-9-21(23)3)28(34)19-33(27-17-24(30)14-13-22(27)4)38(36,37)25-15-11-20(2)12-16-25/h7-17,26H,6,18-19H2,1-5H3,(H,31,35)/t26-/m0/s1. The fourth-order valence-corrected chi connectivity index (χ4v) is 5.90. The van der Waals surface area contributed by atoms with Gasteiger partial charge in [-0.3, -0.25) is 13.9 Å². The van der Waals surface area contributed by atoms with Crippen molar-refractivity contribution in [2.75, 3.05) is 17.9 Å². The number of sulfonamides is 1. The monoisotopic (exact) mass is 555 g/mol. The van der Waals surface area contributed by atoms with Crippen molar-refractivity contribution in [1.82, 2.24) is 10.2 Å². The molecule has 0 aliphatic heterocycles. The Balaban J connectivity index is 2.12. The molecule has 0 aromatic heterocycles. The lowest BCUT2D eigenvalue weighted by atomic mass is 10.1. The molecule has 0 aliphatic rings. The number of carbonyl (C=O) groups is 2. The van der Waals surface area contributed by atoms with Crippen LogP contribution in [0.1, 0.15) is 35.6 Å². The van der Waals surface area contributed by atoms with Gasteiger partial charge in [0.15, 0.2) is 0 Å². The van der Waals surface area contributed by atoms with E-state index in [0.29, 0.717) is 22.7 Å². The van der Waals surface area contributed by atoms with Crippen LogP contribution in [-0.2, 0) is 26.2 Å². The number of carbonyl (C=O) groups excluding carboxylic acids is 2. The first kappa shape index (κ1) is 29.2. The largest absolute Gasteiger partial charge is 0.357 e. The van der Waals surface area contributed by atoms with Crippen LogP contribution in [0.2, 0.25) is 5.02 Å². The van der Waals surface area contributed by atoms with Crippen molar-refractivity contribution in [3.05, 3.63) is 94.0 Å². The Hall–Kier alpha value is -3.36. The van der Waals surface area contributed by atoms with E-state index in [1.165, 1.54) is 30.1 Å². The highest BCUT2D eigenvalue weighted by atomic mass is 35.5. The summed E-state index contributed by atoms with van der Waals surface area (Å²) in [6, 6.07) is 18.2. The highest BCUT2D eigenvalue weighted by molar-refractivity contribution is 7.92. The third-order valence-corrected chi connectivity index (χ3v) is 8.57. The number of benzene rings is 3. The van der Waals surface area contributed by atoms with Crippen molar-refractivity contribution in [1.29, 1.82) is 0 Å². The molecule has 38 heavy (non-hydrogen) atoms. The predicted molar refractivity (Wildman–Crippen MR) is 152 cm³/mol. The molecule has 9 heteroatoms. The van der Waals surface area contributed by atoms with Gasteiger partial charge >= 0.3 is 0 Å². The molecule has 0 radical (unpaired) electrons. The zero-order valence-corrected chi connectivity index (χ0v) is 23.9. The molecule has 1 N–H and O–H groups in total. The van der Waals surface area contributed by atoms with Crippen molar-refractivity contribution in [2.24, 2.45) is 0 Å². The molecule has 3 rings (SSSR count). The Kier molecular flexibility index (Phi) is 9.57. The van der Waals surface area contributed by atoms with Crippen LogP contribution in [0.5, 0.6) is 0 Å². The van der Waals surface area contributed by atoms with E-state index in [-0.39, 0.29) is 17.3 Å². The second-order valence-corrected chi connectivity index (χ2v) is 11.5. The van der Waals surface area contributed by atoms with E-state index in [9.17, 15) is 18.0 Å². The summed E-state index contributed by atoms with van der Waals surface area (Å²) in [5.74, 6) is -0.819. The maximum absolute atomic E-state index is 14.0. The molecular formula is C29H34ClN3O4S. The molecule has 0 spiro atoms. The van der Waals surface area contributed by atoms with Crippen molar-refractivity contribution in [3.8, 4) is 0 Å². The molecule has 3 aromatic carbocycles. The average Bonchev–Trinajstić information content (AvgIpc) is 2.89. The minimum Gasteiger partial charge on any atom is -0.357 e. The maximum Gasteiger partial charge on any atom is 0.264 e. The first-order valence-corrected chi connectivity index (χ1v) is 14.2. The molecule has 0 saturated carbocycles. The van der Waals surface area contributed by atoms with Crippen LogP contribution in [0.25, 0.3) is 0 Å². The SMILES string of the molecule is CC[C@@H](C(=O)NC)N(Cc1ccccc1C)C(=O)CN(c1cc(Cl)ccc1C)S(=O)(=O)c1ccc(C)cc1.